The number of hydrogen-bond donors (Lipinski definition) is 3. The van der Waals surface area contributed by atoms with E-state index >= 15 is 0 Å². The summed E-state index contributed by atoms with van der Waals surface area (Å²) in [6.07, 6.45) is 3.14. The van der Waals surface area contributed by atoms with Crippen LogP contribution < -0.4 is 0 Å². The van der Waals surface area contributed by atoms with Crippen LogP contribution in [0.1, 0.15) is 42.9 Å². The molecule has 2 aromatic rings. The molecule has 1 fully saturated rings. The second-order valence-electron chi connectivity index (χ2n) is 6.48. The fourth-order valence-electron chi connectivity index (χ4n) is 3.52. The molecule has 0 unspecified atom stereocenters. The highest BCUT2D eigenvalue weighted by atomic mass is 16.5. The van der Waals surface area contributed by atoms with Gasteiger partial charge in [0.25, 0.3) is 0 Å². The summed E-state index contributed by atoms with van der Waals surface area (Å²) in [5.74, 6) is -1.35. The van der Waals surface area contributed by atoms with Gasteiger partial charge in [0.1, 0.15) is 0 Å². The van der Waals surface area contributed by atoms with Gasteiger partial charge in [0.15, 0.2) is 11.8 Å². The lowest BCUT2D eigenvalue weighted by Gasteiger charge is -2.33. The zero-order chi connectivity index (χ0) is 17.8. The molecule has 134 valence electrons. The number of carbonyl (C=O) groups is 1. The van der Waals surface area contributed by atoms with Gasteiger partial charge >= 0.3 is 5.97 Å². The van der Waals surface area contributed by atoms with E-state index in [-0.39, 0.29) is 35.9 Å². The number of carboxylic acid groups (broad SMARTS) is 1. The first-order chi connectivity index (χ1) is 12.1. The van der Waals surface area contributed by atoms with Gasteiger partial charge in [0, 0.05) is 11.6 Å². The number of aromatic nitrogens is 1. The molecule has 1 aromatic heterocycles. The Hall–Kier alpha value is -2.47. The maximum Gasteiger partial charge on any atom is 0.308 e. The minimum Gasteiger partial charge on any atom is -0.494 e. The SMILES string of the molecule is O=C(O)Cc1cc(O)n([C@@H]2CCCC[C@H]2OCc2ccccc2)c1O. The van der Waals surface area contributed by atoms with Gasteiger partial charge in [-0.05, 0) is 18.4 Å². The molecule has 6 heteroatoms. The molecule has 1 aromatic carbocycles. The summed E-state index contributed by atoms with van der Waals surface area (Å²) in [4.78, 5) is 10.9. The van der Waals surface area contributed by atoms with E-state index in [1.54, 1.807) is 0 Å². The van der Waals surface area contributed by atoms with Crippen LogP contribution >= 0.6 is 0 Å². The van der Waals surface area contributed by atoms with Gasteiger partial charge in [-0.2, -0.15) is 0 Å². The van der Waals surface area contributed by atoms with Crippen LogP contribution in [-0.2, 0) is 22.6 Å². The molecule has 0 saturated heterocycles. The number of ether oxygens (including phenoxy) is 1. The van der Waals surface area contributed by atoms with Crippen LogP contribution in [0.5, 0.6) is 11.8 Å². The summed E-state index contributed by atoms with van der Waals surface area (Å²) in [7, 11) is 0. The number of rotatable bonds is 6. The first-order valence-corrected chi connectivity index (χ1v) is 8.55. The average Bonchev–Trinajstić information content (AvgIpc) is 2.87. The summed E-state index contributed by atoms with van der Waals surface area (Å²) in [5.41, 5.74) is 1.29. The molecular weight excluding hydrogens is 322 g/mol. The van der Waals surface area contributed by atoms with Crippen molar-refractivity contribution in [3.05, 3.63) is 47.5 Å². The second-order valence-corrected chi connectivity index (χ2v) is 6.48. The van der Waals surface area contributed by atoms with Crippen molar-refractivity contribution < 1.29 is 24.9 Å². The first kappa shape index (κ1) is 17.4. The van der Waals surface area contributed by atoms with Gasteiger partial charge in [0.2, 0.25) is 0 Å². The van der Waals surface area contributed by atoms with E-state index in [0.717, 1.165) is 31.2 Å². The quantitative estimate of drug-likeness (QED) is 0.747. The Morgan fingerprint density at radius 3 is 2.60 bits per heavy atom. The van der Waals surface area contributed by atoms with Gasteiger partial charge in [-0.15, -0.1) is 0 Å². The Balaban J connectivity index is 1.79. The summed E-state index contributed by atoms with van der Waals surface area (Å²) in [6, 6.07) is 11.0. The molecule has 0 amide bonds. The van der Waals surface area contributed by atoms with E-state index in [2.05, 4.69) is 0 Å². The summed E-state index contributed by atoms with van der Waals surface area (Å²) in [6.45, 7) is 0.465. The van der Waals surface area contributed by atoms with Crippen LogP contribution in [0.25, 0.3) is 0 Å². The third-order valence-electron chi connectivity index (χ3n) is 4.71. The van der Waals surface area contributed by atoms with Crippen molar-refractivity contribution in [2.45, 2.75) is 50.9 Å². The fraction of sp³-hybridized carbons (Fsp3) is 0.421. The molecule has 6 nitrogen and oxygen atoms in total. The lowest BCUT2D eigenvalue weighted by molar-refractivity contribution is -0.136. The van der Waals surface area contributed by atoms with Crippen LogP contribution in [-0.4, -0.2) is 32.0 Å². The number of nitrogens with zero attached hydrogens (tertiary/aromatic N) is 1. The van der Waals surface area contributed by atoms with Crippen molar-refractivity contribution in [3.8, 4) is 11.8 Å². The summed E-state index contributed by atoms with van der Waals surface area (Å²) >= 11 is 0. The number of benzene rings is 1. The van der Waals surface area contributed by atoms with Crippen LogP contribution in [0.3, 0.4) is 0 Å². The Morgan fingerprint density at radius 1 is 1.16 bits per heavy atom. The molecule has 0 bridgehead atoms. The number of carboxylic acids is 1. The van der Waals surface area contributed by atoms with E-state index in [0.29, 0.717) is 6.61 Å². The highest BCUT2D eigenvalue weighted by Gasteiger charge is 2.32. The minimum atomic E-state index is -1.05. The summed E-state index contributed by atoms with van der Waals surface area (Å²) in [5, 5.41) is 29.6. The zero-order valence-corrected chi connectivity index (χ0v) is 14.0. The fourth-order valence-corrected chi connectivity index (χ4v) is 3.52. The Labute approximate surface area is 146 Å². The molecule has 3 rings (SSSR count). The predicted octanol–water partition coefficient (Wildman–Crippen LogP) is 3.23. The van der Waals surface area contributed by atoms with Crippen LogP contribution in [0.4, 0.5) is 0 Å². The Bertz CT molecular complexity index is 725. The lowest BCUT2D eigenvalue weighted by Crippen LogP contribution is -2.30. The predicted molar refractivity (Wildman–Crippen MR) is 91.6 cm³/mol. The number of aromatic hydroxyl groups is 2. The van der Waals surface area contributed by atoms with Crippen LogP contribution in [0.15, 0.2) is 36.4 Å². The van der Waals surface area contributed by atoms with E-state index < -0.39 is 5.97 Å². The normalized spacial score (nSPS) is 20.5. The molecule has 2 atom stereocenters. The standard InChI is InChI=1S/C19H23NO5/c21-17-10-14(11-18(22)23)19(24)20(17)15-8-4-5-9-16(15)25-12-13-6-2-1-3-7-13/h1-3,6-7,10,15-16,21,24H,4-5,8-9,11-12H2,(H,22,23)/t15-,16-/m1/s1. The molecule has 1 heterocycles. The van der Waals surface area contributed by atoms with Gasteiger partial charge in [-0.3, -0.25) is 9.36 Å². The van der Waals surface area contributed by atoms with Gasteiger partial charge < -0.3 is 20.1 Å². The first-order valence-electron chi connectivity index (χ1n) is 8.55. The molecule has 0 radical (unpaired) electrons. The third-order valence-corrected chi connectivity index (χ3v) is 4.71. The third kappa shape index (κ3) is 3.96. The van der Waals surface area contributed by atoms with E-state index in [1.807, 2.05) is 30.3 Å². The highest BCUT2D eigenvalue weighted by molar-refractivity contribution is 5.71. The van der Waals surface area contributed by atoms with Crippen molar-refractivity contribution in [2.75, 3.05) is 0 Å². The average molecular weight is 345 g/mol. The molecule has 1 saturated carbocycles. The molecule has 0 aliphatic heterocycles. The van der Waals surface area contributed by atoms with Crippen molar-refractivity contribution in [2.24, 2.45) is 0 Å². The number of aliphatic carboxylic acids is 1. The van der Waals surface area contributed by atoms with E-state index in [1.165, 1.54) is 10.6 Å². The van der Waals surface area contributed by atoms with Crippen molar-refractivity contribution in [1.82, 2.24) is 4.57 Å². The van der Waals surface area contributed by atoms with E-state index in [4.69, 9.17) is 9.84 Å². The molecule has 3 N–H and O–H groups in total. The second kappa shape index (κ2) is 7.61. The molecule has 1 aliphatic rings. The minimum absolute atomic E-state index is 0.117. The molecule has 0 spiro atoms. The van der Waals surface area contributed by atoms with E-state index in [9.17, 15) is 15.0 Å². The maximum absolute atomic E-state index is 10.9. The summed E-state index contributed by atoms with van der Waals surface area (Å²) < 4.78 is 7.50. The van der Waals surface area contributed by atoms with Gasteiger partial charge in [0.05, 0.1) is 25.2 Å². The largest absolute Gasteiger partial charge is 0.494 e. The monoisotopic (exact) mass is 345 g/mol. The Morgan fingerprint density at radius 2 is 1.88 bits per heavy atom. The van der Waals surface area contributed by atoms with Gasteiger partial charge in [-0.25, -0.2) is 0 Å². The zero-order valence-electron chi connectivity index (χ0n) is 14.0. The Kier molecular flexibility index (Phi) is 5.28. The van der Waals surface area contributed by atoms with Gasteiger partial charge in [-0.1, -0.05) is 43.2 Å². The van der Waals surface area contributed by atoms with Crippen LogP contribution in [0.2, 0.25) is 0 Å². The van der Waals surface area contributed by atoms with Crippen molar-refractivity contribution in [1.29, 1.82) is 0 Å². The number of hydrogen-bond acceptors (Lipinski definition) is 4. The highest BCUT2D eigenvalue weighted by Crippen LogP contribution is 2.40. The van der Waals surface area contributed by atoms with Crippen LogP contribution in [0, 0.1) is 0 Å². The molecule has 25 heavy (non-hydrogen) atoms. The molecular formula is C19H23NO5. The smallest absolute Gasteiger partial charge is 0.308 e. The maximum atomic E-state index is 10.9. The molecule has 1 aliphatic carbocycles. The lowest BCUT2D eigenvalue weighted by atomic mass is 9.92. The van der Waals surface area contributed by atoms with Crippen molar-refractivity contribution >= 4 is 5.97 Å². The topological polar surface area (TPSA) is 91.9 Å². The van der Waals surface area contributed by atoms with Crippen molar-refractivity contribution in [3.63, 3.8) is 0 Å².